The van der Waals surface area contributed by atoms with E-state index in [1.54, 1.807) is 36.4 Å². The summed E-state index contributed by atoms with van der Waals surface area (Å²) in [5.41, 5.74) is 2.61. The number of ether oxygens (including phenoxy) is 1. The molecule has 0 spiro atoms. The molecule has 1 aliphatic rings. The van der Waals surface area contributed by atoms with Crippen LogP contribution in [-0.4, -0.2) is 18.9 Å². The fourth-order valence-corrected chi connectivity index (χ4v) is 4.08. The average Bonchev–Trinajstić information content (AvgIpc) is 3.32. The van der Waals surface area contributed by atoms with Crippen molar-refractivity contribution in [3.63, 3.8) is 0 Å². The molecule has 0 radical (unpaired) electrons. The van der Waals surface area contributed by atoms with Crippen LogP contribution in [-0.2, 0) is 9.59 Å². The number of aryl methyl sites for hydroxylation is 1. The molecule has 29 heavy (non-hydrogen) atoms. The maximum absolute atomic E-state index is 13.3. The van der Waals surface area contributed by atoms with Crippen molar-refractivity contribution in [2.75, 3.05) is 17.3 Å². The van der Waals surface area contributed by atoms with Gasteiger partial charge in [0.25, 0.3) is 11.8 Å². The molecule has 5 nitrogen and oxygen atoms in total. The zero-order chi connectivity index (χ0) is 20.5. The van der Waals surface area contributed by atoms with Gasteiger partial charge < -0.3 is 10.1 Å². The van der Waals surface area contributed by atoms with Crippen LogP contribution < -0.4 is 15.0 Å². The van der Waals surface area contributed by atoms with E-state index in [0.717, 1.165) is 10.4 Å². The fraction of sp³-hybridized carbons (Fsp3) is 0.0909. The highest BCUT2D eigenvalue weighted by Crippen LogP contribution is 2.37. The molecule has 7 heteroatoms. The molecule has 0 saturated carbocycles. The number of hydrogen-bond donors (Lipinski definition) is 1. The van der Waals surface area contributed by atoms with Crippen molar-refractivity contribution in [1.29, 1.82) is 0 Å². The van der Waals surface area contributed by atoms with Crippen LogP contribution >= 0.6 is 22.9 Å². The molecule has 2 heterocycles. The van der Waals surface area contributed by atoms with Crippen molar-refractivity contribution in [3.05, 3.63) is 81.1 Å². The summed E-state index contributed by atoms with van der Waals surface area (Å²) in [5, 5.41) is 5.57. The summed E-state index contributed by atoms with van der Waals surface area (Å²) in [4.78, 5) is 28.5. The lowest BCUT2D eigenvalue weighted by molar-refractivity contribution is -0.120. The minimum absolute atomic E-state index is 0.227. The molecular weight excluding hydrogens is 408 g/mol. The van der Waals surface area contributed by atoms with Crippen LogP contribution in [0.2, 0.25) is 5.02 Å². The third-order valence-electron chi connectivity index (χ3n) is 4.62. The number of methoxy groups -OCH3 is 1. The van der Waals surface area contributed by atoms with Gasteiger partial charge in [-0.3, -0.25) is 9.59 Å². The van der Waals surface area contributed by atoms with Gasteiger partial charge in [0.05, 0.1) is 18.4 Å². The van der Waals surface area contributed by atoms with E-state index in [0.29, 0.717) is 27.7 Å². The normalized spacial score (nSPS) is 14.0. The molecule has 0 atom stereocenters. The first kappa shape index (κ1) is 19.2. The van der Waals surface area contributed by atoms with Crippen molar-refractivity contribution in [3.8, 4) is 5.75 Å². The number of thiophene rings is 1. The summed E-state index contributed by atoms with van der Waals surface area (Å²) in [6.07, 6.45) is 0. The lowest BCUT2D eigenvalue weighted by Crippen LogP contribution is -2.32. The Morgan fingerprint density at radius 1 is 1.03 bits per heavy atom. The maximum atomic E-state index is 13.3. The Bertz CT molecular complexity index is 1140. The van der Waals surface area contributed by atoms with E-state index in [1.807, 2.05) is 30.5 Å². The lowest BCUT2D eigenvalue weighted by atomic mass is 10.1. The van der Waals surface area contributed by atoms with Crippen molar-refractivity contribution in [2.24, 2.45) is 0 Å². The largest absolute Gasteiger partial charge is 0.497 e. The zero-order valence-corrected chi connectivity index (χ0v) is 17.3. The van der Waals surface area contributed by atoms with E-state index in [9.17, 15) is 9.59 Å². The second kappa shape index (κ2) is 7.73. The van der Waals surface area contributed by atoms with E-state index >= 15 is 0 Å². The monoisotopic (exact) mass is 424 g/mol. The number of carbonyl (C=O) groups is 2. The van der Waals surface area contributed by atoms with Crippen LogP contribution in [0.25, 0.3) is 5.57 Å². The first-order valence-electron chi connectivity index (χ1n) is 8.83. The number of anilines is 2. The van der Waals surface area contributed by atoms with Gasteiger partial charge in [0.2, 0.25) is 0 Å². The van der Waals surface area contributed by atoms with Gasteiger partial charge in [-0.2, -0.15) is 0 Å². The Balaban J connectivity index is 1.82. The number of imide groups is 1. The second-order valence-corrected chi connectivity index (χ2v) is 7.84. The second-order valence-electron chi connectivity index (χ2n) is 6.46. The summed E-state index contributed by atoms with van der Waals surface area (Å²) in [6, 6.07) is 15.9. The molecular formula is C22H17ClN2O3S. The first-order valence-corrected chi connectivity index (χ1v) is 10.1. The molecule has 0 aliphatic carbocycles. The number of carbonyl (C=O) groups excluding carboxylic acids is 2. The number of nitrogens with one attached hydrogen (secondary N) is 1. The molecule has 2 aromatic carbocycles. The summed E-state index contributed by atoms with van der Waals surface area (Å²) in [7, 11) is 1.54. The van der Waals surface area contributed by atoms with Crippen LogP contribution in [0.3, 0.4) is 0 Å². The Morgan fingerprint density at radius 3 is 2.59 bits per heavy atom. The lowest BCUT2D eigenvalue weighted by Gasteiger charge is -2.16. The predicted octanol–water partition coefficient (Wildman–Crippen LogP) is 5.12. The standard InChI is InChI=1S/C22H17ClN2O3S/c1-13-8-9-14(23)11-17(13)24-20-19(18-7-4-10-29-18)21(26)25(22(20)27)15-5-3-6-16(12-15)28-2/h3-12,24H,1-2H3. The summed E-state index contributed by atoms with van der Waals surface area (Å²) >= 11 is 7.54. The molecule has 1 aromatic heterocycles. The van der Waals surface area contributed by atoms with E-state index < -0.39 is 5.91 Å². The number of amides is 2. The van der Waals surface area contributed by atoms with Crippen LogP contribution in [0.1, 0.15) is 10.4 Å². The Kier molecular flexibility index (Phi) is 5.13. The first-order chi connectivity index (χ1) is 14.0. The third-order valence-corrected chi connectivity index (χ3v) is 5.74. The zero-order valence-electron chi connectivity index (χ0n) is 15.7. The highest BCUT2D eigenvalue weighted by Gasteiger charge is 2.41. The van der Waals surface area contributed by atoms with Crippen molar-refractivity contribution in [1.82, 2.24) is 0 Å². The molecule has 1 N–H and O–H groups in total. The van der Waals surface area contributed by atoms with Crippen LogP contribution in [0.4, 0.5) is 11.4 Å². The Morgan fingerprint density at radius 2 is 1.86 bits per heavy atom. The third kappa shape index (κ3) is 3.52. The molecule has 4 rings (SSSR count). The van der Waals surface area contributed by atoms with Gasteiger partial charge in [-0.15, -0.1) is 11.3 Å². The van der Waals surface area contributed by atoms with Gasteiger partial charge in [0.1, 0.15) is 11.4 Å². The number of halogens is 1. The maximum Gasteiger partial charge on any atom is 0.282 e. The minimum atomic E-state index is -0.425. The molecule has 0 bridgehead atoms. The molecule has 0 saturated heterocycles. The highest BCUT2D eigenvalue weighted by atomic mass is 35.5. The van der Waals surface area contributed by atoms with Crippen molar-refractivity contribution < 1.29 is 14.3 Å². The smallest absolute Gasteiger partial charge is 0.282 e. The van der Waals surface area contributed by atoms with Gasteiger partial charge in [-0.25, -0.2) is 4.90 Å². The van der Waals surface area contributed by atoms with Crippen molar-refractivity contribution in [2.45, 2.75) is 6.92 Å². The van der Waals surface area contributed by atoms with Gasteiger partial charge >= 0.3 is 0 Å². The minimum Gasteiger partial charge on any atom is -0.497 e. The number of nitrogens with zero attached hydrogens (tertiary/aromatic N) is 1. The van der Waals surface area contributed by atoms with Crippen LogP contribution in [0.15, 0.2) is 65.7 Å². The highest BCUT2D eigenvalue weighted by molar-refractivity contribution is 7.11. The van der Waals surface area contributed by atoms with Crippen LogP contribution in [0, 0.1) is 6.92 Å². The molecule has 146 valence electrons. The molecule has 0 unspecified atom stereocenters. The van der Waals surface area contributed by atoms with Gasteiger partial charge in [-0.05, 0) is 48.2 Å². The van der Waals surface area contributed by atoms with Crippen molar-refractivity contribution >= 4 is 51.7 Å². The molecule has 2 amide bonds. The van der Waals surface area contributed by atoms with Gasteiger partial charge in [0, 0.05) is 21.7 Å². The van der Waals surface area contributed by atoms with Gasteiger partial charge in [0.15, 0.2) is 0 Å². The average molecular weight is 425 g/mol. The van der Waals surface area contributed by atoms with E-state index in [1.165, 1.54) is 23.3 Å². The Hall–Kier alpha value is -3.09. The fourth-order valence-electron chi connectivity index (χ4n) is 3.14. The summed E-state index contributed by atoms with van der Waals surface area (Å²) in [6.45, 7) is 1.91. The number of benzene rings is 2. The SMILES string of the molecule is COc1cccc(N2C(=O)C(Nc3cc(Cl)ccc3C)=C(c3cccs3)C2=O)c1. The summed E-state index contributed by atoms with van der Waals surface area (Å²) < 4.78 is 5.24. The van der Waals surface area contributed by atoms with Gasteiger partial charge in [-0.1, -0.05) is 29.8 Å². The topological polar surface area (TPSA) is 58.6 Å². The van der Waals surface area contributed by atoms with E-state index in [2.05, 4.69) is 5.32 Å². The number of rotatable bonds is 5. The predicted molar refractivity (Wildman–Crippen MR) is 117 cm³/mol. The Labute approximate surface area is 177 Å². The quantitative estimate of drug-likeness (QED) is 0.578. The molecule has 1 aliphatic heterocycles. The van der Waals surface area contributed by atoms with Crippen LogP contribution in [0.5, 0.6) is 5.75 Å². The van der Waals surface area contributed by atoms with E-state index in [-0.39, 0.29) is 11.6 Å². The van der Waals surface area contributed by atoms with E-state index in [4.69, 9.17) is 16.3 Å². The molecule has 0 fully saturated rings. The number of hydrogen-bond acceptors (Lipinski definition) is 5. The molecule has 3 aromatic rings. The summed E-state index contributed by atoms with van der Waals surface area (Å²) in [5.74, 6) is -0.244.